The zero-order valence-electron chi connectivity index (χ0n) is 17.7. The maximum Gasteiger partial charge on any atom is 0.0117 e. The van der Waals surface area contributed by atoms with E-state index in [9.17, 15) is 0 Å². The predicted molar refractivity (Wildman–Crippen MR) is 106 cm³/mol. The first-order chi connectivity index (χ1) is 11.0. The fraction of sp³-hybridized carbons (Fsp3) is 1.00. The van der Waals surface area contributed by atoms with Crippen LogP contribution in [0.3, 0.4) is 0 Å². The molecule has 2 nitrogen and oxygen atoms in total. The molecule has 0 unspecified atom stereocenters. The van der Waals surface area contributed by atoms with Crippen molar-refractivity contribution in [2.45, 2.75) is 86.1 Å². The summed E-state index contributed by atoms with van der Waals surface area (Å²) in [7, 11) is 2.39. The van der Waals surface area contributed by atoms with Crippen molar-refractivity contribution >= 4 is 0 Å². The zero-order chi connectivity index (χ0) is 18.0. The summed E-state index contributed by atoms with van der Waals surface area (Å²) < 4.78 is 0. The Bertz CT molecular complexity index is 360. The van der Waals surface area contributed by atoms with Gasteiger partial charge < -0.3 is 9.80 Å². The van der Waals surface area contributed by atoms with E-state index in [-0.39, 0.29) is 0 Å². The van der Waals surface area contributed by atoms with Gasteiger partial charge in [0.2, 0.25) is 0 Å². The first-order valence-corrected chi connectivity index (χ1v) is 10.5. The van der Waals surface area contributed by atoms with E-state index in [1.54, 1.807) is 0 Å². The van der Waals surface area contributed by atoms with Crippen molar-refractivity contribution in [3.8, 4) is 0 Å². The average Bonchev–Trinajstić information content (AvgIpc) is 2.46. The summed E-state index contributed by atoms with van der Waals surface area (Å²) >= 11 is 0. The van der Waals surface area contributed by atoms with Gasteiger partial charge in [-0.1, -0.05) is 41.5 Å². The van der Waals surface area contributed by atoms with Gasteiger partial charge in [-0.2, -0.15) is 0 Å². The van der Waals surface area contributed by atoms with Gasteiger partial charge in [0.05, 0.1) is 0 Å². The van der Waals surface area contributed by atoms with Crippen molar-refractivity contribution in [3.05, 3.63) is 0 Å². The molecule has 0 spiro atoms. The monoisotopic (exact) mass is 336 g/mol. The lowest BCUT2D eigenvalue weighted by molar-refractivity contribution is 0.0785. The van der Waals surface area contributed by atoms with Crippen LogP contribution in [0.25, 0.3) is 0 Å². The maximum atomic E-state index is 2.70. The number of likely N-dealkylation sites (tertiary alicyclic amines) is 1. The lowest BCUT2D eigenvalue weighted by Gasteiger charge is -2.42. The van der Waals surface area contributed by atoms with Gasteiger partial charge in [-0.25, -0.2) is 0 Å². The SMILES string of the molecule is CN(CC1CCC(C(C)(C)C)CC1)C1CCN(CC(C)(C)C)CC1. The van der Waals surface area contributed by atoms with Gasteiger partial charge in [-0.15, -0.1) is 0 Å². The van der Waals surface area contributed by atoms with Crippen molar-refractivity contribution in [1.29, 1.82) is 0 Å². The smallest absolute Gasteiger partial charge is 0.0117 e. The summed E-state index contributed by atoms with van der Waals surface area (Å²) in [6.45, 7) is 19.5. The summed E-state index contributed by atoms with van der Waals surface area (Å²) in [6.07, 6.45) is 8.54. The van der Waals surface area contributed by atoms with Crippen LogP contribution < -0.4 is 0 Å². The molecule has 1 saturated heterocycles. The lowest BCUT2D eigenvalue weighted by atomic mass is 9.70. The van der Waals surface area contributed by atoms with Gasteiger partial charge in [-0.3, -0.25) is 0 Å². The van der Waals surface area contributed by atoms with E-state index in [2.05, 4.69) is 58.4 Å². The molecule has 0 aromatic rings. The highest BCUT2D eigenvalue weighted by Crippen LogP contribution is 2.40. The maximum absolute atomic E-state index is 2.70. The molecule has 1 aliphatic heterocycles. The van der Waals surface area contributed by atoms with Crippen molar-refractivity contribution in [3.63, 3.8) is 0 Å². The molecule has 0 radical (unpaired) electrons. The quantitative estimate of drug-likeness (QED) is 0.689. The summed E-state index contributed by atoms with van der Waals surface area (Å²) in [4.78, 5) is 5.38. The van der Waals surface area contributed by atoms with Crippen LogP contribution in [-0.4, -0.2) is 49.1 Å². The van der Waals surface area contributed by atoms with E-state index >= 15 is 0 Å². The minimum absolute atomic E-state index is 0.435. The second kappa shape index (κ2) is 8.08. The third-order valence-electron chi connectivity index (χ3n) is 6.50. The molecule has 1 aliphatic carbocycles. The van der Waals surface area contributed by atoms with Gasteiger partial charge in [0.15, 0.2) is 0 Å². The molecule has 1 heterocycles. The standard InChI is InChI=1S/C22H44N2/c1-21(2,3)17-24-14-12-20(13-15-24)23(7)16-18-8-10-19(11-9-18)22(4,5)6/h18-20H,8-17H2,1-7H3. The van der Waals surface area contributed by atoms with E-state index in [1.807, 2.05) is 0 Å². The Morgan fingerprint density at radius 2 is 1.38 bits per heavy atom. The summed E-state index contributed by atoms with van der Waals surface area (Å²) in [5, 5.41) is 0. The summed E-state index contributed by atoms with van der Waals surface area (Å²) in [5.74, 6) is 1.89. The Morgan fingerprint density at radius 1 is 0.833 bits per heavy atom. The fourth-order valence-electron chi connectivity index (χ4n) is 4.96. The molecule has 142 valence electrons. The highest BCUT2D eigenvalue weighted by atomic mass is 15.2. The van der Waals surface area contributed by atoms with Crippen LogP contribution in [0.1, 0.15) is 80.1 Å². The molecule has 24 heavy (non-hydrogen) atoms. The molecule has 2 aliphatic rings. The molecular formula is C22H44N2. The predicted octanol–water partition coefficient (Wildman–Crippen LogP) is 5.28. The fourth-order valence-corrected chi connectivity index (χ4v) is 4.96. The molecule has 0 N–H and O–H groups in total. The molecule has 2 fully saturated rings. The number of rotatable bonds is 4. The number of hydrogen-bond acceptors (Lipinski definition) is 2. The summed E-state index contributed by atoms with van der Waals surface area (Å²) in [6, 6.07) is 0.821. The molecule has 2 rings (SSSR count). The number of piperidine rings is 1. The van der Waals surface area contributed by atoms with Crippen LogP contribution in [0.4, 0.5) is 0 Å². The van der Waals surface area contributed by atoms with Gasteiger partial charge in [0.25, 0.3) is 0 Å². The Labute approximate surface area is 152 Å². The lowest BCUT2D eigenvalue weighted by Crippen LogP contribution is -2.46. The van der Waals surface area contributed by atoms with E-state index < -0.39 is 0 Å². The second-order valence-corrected chi connectivity index (χ2v) is 11.1. The molecule has 0 amide bonds. The van der Waals surface area contributed by atoms with Crippen LogP contribution >= 0.6 is 0 Å². The Kier molecular flexibility index (Phi) is 6.81. The first-order valence-electron chi connectivity index (χ1n) is 10.5. The Hall–Kier alpha value is -0.0800. The molecular weight excluding hydrogens is 292 g/mol. The highest BCUT2D eigenvalue weighted by Gasteiger charge is 2.31. The highest BCUT2D eigenvalue weighted by molar-refractivity contribution is 4.84. The van der Waals surface area contributed by atoms with Crippen LogP contribution in [-0.2, 0) is 0 Å². The molecule has 0 bridgehead atoms. The van der Waals surface area contributed by atoms with Crippen molar-refractivity contribution < 1.29 is 0 Å². The van der Waals surface area contributed by atoms with E-state index in [4.69, 9.17) is 0 Å². The average molecular weight is 337 g/mol. The molecule has 0 atom stereocenters. The van der Waals surface area contributed by atoms with Gasteiger partial charge in [-0.05, 0) is 81.3 Å². The largest absolute Gasteiger partial charge is 0.303 e. The minimum Gasteiger partial charge on any atom is -0.303 e. The number of hydrogen-bond donors (Lipinski definition) is 0. The molecule has 0 aromatic heterocycles. The summed E-state index contributed by atoms with van der Waals surface area (Å²) in [5.41, 5.74) is 0.946. The third kappa shape index (κ3) is 6.33. The van der Waals surface area contributed by atoms with Crippen LogP contribution in [0.5, 0.6) is 0 Å². The normalized spacial score (nSPS) is 28.5. The van der Waals surface area contributed by atoms with E-state index in [0.29, 0.717) is 10.8 Å². The van der Waals surface area contributed by atoms with Gasteiger partial charge >= 0.3 is 0 Å². The second-order valence-electron chi connectivity index (χ2n) is 11.1. The van der Waals surface area contributed by atoms with Crippen LogP contribution in [0.15, 0.2) is 0 Å². The van der Waals surface area contributed by atoms with Crippen molar-refractivity contribution in [1.82, 2.24) is 9.80 Å². The van der Waals surface area contributed by atoms with E-state index in [0.717, 1.165) is 17.9 Å². The Morgan fingerprint density at radius 3 is 1.83 bits per heavy atom. The first kappa shape index (κ1) is 20.2. The van der Waals surface area contributed by atoms with Gasteiger partial charge in [0, 0.05) is 19.1 Å². The minimum atomic E-state index is 0.435. The zero-order valence-corrected chi connectivity index (χ0v) is 17.7. The van der Waals surface area contributed by atoms with Crippen molar-refractivity contribution in [2.75, 3.05) is 33.2 Å². The molecule has 0 aromatic carbocycles. The van der Waals surface area contributed by atoms with Crippen LogP contribution in [0, 0.1) is 22.7 Å². The molecule has 1 saturated carbocycles. The van der Waals surface area contributed by atoms with Crippen LogP contribution in [0.2, 0.25) is 0 Å². The molecule has 2 heteroatoms. The number of nitrogens with zero attached hydrogens (tertiary/aromatic N) is 2. The third-order valence-corrected chi connectivity index (χ3v) is 6.50. The van der Waals surface area contributed by atoms with E-state index in [1.165, 1.54) is 64.7 Å². The topological polar surface area (TPSA) is 6.48 Å². The Balaban J connectivity index is 1.70. The van der Waals surface area contributed by atoms with Gasteiger partial charge in [0.1, 0.15) is 0 Å². The van der Waals surface area contributed by atoms with Crippen molar-refractivity contribution in [2.24, 2.45) is 22.7 Å².